The number of benzene rings is 3. The number of aryl methyl sites for hydroxylation is 2. The van der Waals surface area contributed by atoms with E-state index < -0.39 is 46.9 Å². The van der Waals surface area contributed by atoms with E-state index in [0.29, 0.717) is 31.9 Å². The molecule has 78 heavy (non-hydrogen) atoms. The van der Waals surface area contributed by atoms with Crippen molar-refractivity contribution in [1.29, 1.82) is 0 Å². The Morgan fingerprint density at radius 3 is 1.13 bits per heavy atom. The van der Waals surface area contributed by atoms with Gasteiger partial charge in [-0.3, -0.25) is 14.3 Å². The number of carbonyl (C=O) groups excluding carboxylic acids is 4. The largest absolute Gasteiger partial charge is 0.433 e. The molecule has 3 heterocycles. The Bertz CT molecular complexity index is 2600. The predicted octanol–water partition coefficient (Wildman–Crippen LogP) is 14.7. The minimum absolute atomic E-state index is 0.163. The number of nitrogens with one attached hydrogen (secondary N) is 2. The van der Waals surface area contributed by atoms with Crippen molar-refractivity contribution in [1.82, 2.24) is 35.2 Å². The molecular weight excluding hydrogens is 1170 g/mol. The Morgan fingerprint density at radius 2 is 0.859 bits per heavy atom. The lowest BCUT2D eigenvalue weighted by molar-refractivity contribution is -0.141. The van der Waals surface area contributed by atoms with Crippen molar-refractivity contribution in [2.24, 2.45) is 11.8 Å². The molecule has 3 aromatic carbocycles. The van der Waals surface area contributed by atoms with E-state index in [2.05, 4.69) is 57.7 Å². The van der Waals surface area contributed by atoms with Gasteiger partial charge < -0.3 is 29.8 Å². The molecule has 8 rings (SSSR count). The van der Waals surface area contributed by atoms with Crippen LogP contribution in [0.4, 0.5) is 43.9 Å². The van der Waals surface area contributed by atoms with Crippen molar-refractivity contribution >= 4 is 59.0 Å². The third-order valence-corrected chi connectivity index (χ3v) is 12.8. The molecule has 2 saturated carbocycles. The lowest BCUT2D eigenvalue weighted by Gasteiger charge is -2.25. The summed E-state index contributed by atoms with van der Waals surface area (Å²) in [6.45, 7) is 23.7. The van der Waals surface area contributed by atoms with Crippen molar-refractivity contribution in [2.75, 3.05) is 14.1 Å². The maximum atomic E-state index is 13.9. The van der Waals surface area contributed by atoms with Gasteiger partial charge in [0.2, 0.25) is 0 Å². The quantitative estimate of drug-likeness (QED) is 0.113. The maximum absolute atomic E-state index is 13.9. The lowest BCUT2D eigenvalue weighted by atomic mass is 9.97. The molecule has 0 amide bonds. The van der Waals surface area contributed by atoms with Crippen molar-refractivity contribution in [2.45, 2.75) is 117 Å². The van der Waals surface area contributed by atoms with Gasteiger partial charge in [0.05, 0.1) is 40.4 Å². The molecule has 2 aliphatic carbocycles. The molecule has 2 atom stereocenters. The Morgan fingerprint density at radius 1 is 0.526 bits per heavy atom. The second-order valence-corrected chi connectivity index (χ2v) is 21.1. The summed E-state index contributed by atoms with van der Waals surface area (Å²) < 4.78 is 131. The van der Waals surface area contributed by atoms with Crippen LogP contribution in [0.15, 0.2) is 88.2 Å². The first-order valence-electron chi connectivity index (χ1n) is 23.6. The molecule has 2 aliphatic rings. The number of hydrogen-bond donors (Lipinski definition) is 2. The van der Waals surface area contributed by atoms with Gasteiger partial charge in [-0.1, -0.05) is 23.8 Å². The number of nitrogens with zero attached hydrogens (tertiary/aromatic N) is 5. The van der Waals surface area contributed by atoms with Crippen LogP contribution in [0.5, 0.6) is 0 Å². The molecule has 2 fully saturated rings. The van der Waals surface area contributed by atoms with Gasteiger partial charge in [0.1, 0.15) is 32.9 Å². The number of aromatic nitrogens is 5. The Balaban J connectivity index is 0.000000524. The highest BCUT2D eigenvalue weighted by Crippen LogP contribution is 2.47. The van der Waals surface area contributed by atoms with Crippen LogP contribution >= 0.6 is 31.9 Å². The van der Waals surface area contributed by atoms with Gasteiger partial charge in [-0.15, -0.1) is 0 Å². The molecule has 2 N–H and O–H groups in total. The number of halogens is 12. The normalized spacial score (nSPS) is 13.6. The van der Waals surface area contributed by atoms with E-state index in [1.54, 1.807) is 13.8 Å². The smallest absolute Gasteiger partial charge is 0.313 e. The van der Waals surface area contributed by atoms with Gasteiger partial charge in [-0.2, -0.15) is 36.5 Å². The van der Waals surface area contributed by atoms with Crippen LogP contribution in [0.1, 0.15) is 113 Å². The zero-order valence-electron chi connectivity index (χ0n) is 44.9. The number of rotatable bonds is 8. The second-order valence-electron chi connectivity index (χ2n) is 19.3. The fourth-order valence-electron chi connectivity index (χ4n) is 7.67. The summed E-state index contributed by atoms with van der Waals surface area (Å²) in [6, 6.07) is 12.6. The van der Waals surface area contributed by atoms with Gasteiger partial charge in [0, 0.05) is 49.5 Å². The van der Waals surface area contributed by atoms with E-state index in [-0.39, 0.29) is 23.2 Å². The summed E-state index contributed by atoms with van der Waals surface area (Å²) in [5.41, 5.74) is 4.53. The summed E-state index contributed by atoms with van der Waals surface area (Å²) in [5.74, 6) is -2.30. The van der Waals surface area contributed by atoms with E-state index in [1.807, 2.05) is 105 Å². The molecule has 3 aromatic heterocycles. The van der Waals surface area contributed by atoms with Crippen molar-refractivity contribution in [3.63, 3.8) is 0 Å². The molecule has 6 aromatic rings. The molecule has 428 valence electrons. The van der Waals surface area contributed by atoms with Crippen LogP contribution in [0, 0.1) is 49.0 Å². The molecular formula is C55H65Br2F10N7O4. The van der Waals surface area contributed by atoms with Crippen LogP contribution in [0.3, 0.4) is 0 Å². The van der Waals surface area contributed by atoms with E-state index >= 15 is 0 Å². The van der Waals surface area contributed by atoms with Crippen LogP contribution < -0.4 is 10.6 Å². The minimum atomic E-state index is -4.33. The van der Waals surface area contributed by atoms with E-state index in [9.17, 15) is 43.9 Å². The summed E-state index contributed by atoms with van der Waals surface area (Å²) >= 11 is 6.79. The summed E-state index contributed by atoms with van der Waals surface area (Å²) in [4.78, 5) is 35.2. The van der Waals surface area contributed by atoms with Crippen LogP contribution in [0.25, 0.3) is 22.5 Å². The summed E-state index contributed by atoms with van der Waals surface area (Å²) in [7, 11) is 3.86. The zero-order valence-corrected chi connectivity index (χ0v) is 48.0. The van der Waals surface area contributed by atoms with Crippen LogP contribution in [-0.2, 0) is 42.6 Å². The Labute approximate surface area is 465 Å². The van der Waals surface area contributed by atoms with Crippen molar-refractivity contribution in [3.8, 4) is 22.5 Å². The van der Waals surface area contributed by atoms with Gasteiger partial charge in [0.25, 0.3) is 0 Å². The highest BCUT2D eigenvalue weighted by molar-refractivity contribution is 9.11. The van der Waals surface area contributed by atoms with Gasteiger partial charge in [-0.25, -0.2) is 17.6 Å². The zero-order chi connectivity index (χ0) is 60.3. The first-order valence-corrected chi connectivity index (χ1v) is 25.2. The maximum Gasteiger partial charge on any atom is 0.433 e. The second kappa shape index (κ2) is 31.0. The Hall–Kier alpha value is -5.91. The molecule has 0 bridgehead atoms. The third kappa shape index (κ3) is 19.8. The average Bonchev–Trinajstić information content (AvgIpc) is 4.32. The molecule has 0 saturated heterocycles. The average molecular weight is 1240 g/mol. The summed E-state index contributed by atoms with van der Waals surface area (Å²) in [6.07, 6.45) is 1.05. The topological polar surface area (TPSA) is 141 Å². The highest BCUT2D eigenvalue weighted by atomic mass is 79.9. The fraction of sp³-hybridized carbons (Fsp3) is 0.400. The monoisotopic (exact) mass is 1240 g/mol. The lowest BCUT2D eigenvalue weighted by Crippen LogP contribution is -2.25. The standard InChI is InChI=1S/2C18H22BrF2N3.C8H7F3.C7H6F3N.4CH2O/c2*1-18(2,3)24-17(11-7-14(20)15(21)8-13(11)19)12(9-23-24)16(22-4)10-5-6-10;1-6-2-4-7(5-3-6)8(9,10)11;1-5-2-3-6(11-4-5)7(8,9)10;4*1-2/h2*7-10,16,22H,5-6H2,1-4H3;2-5H,1H3;2-4H,1H3;4*1H2. The molecule has 2 unspecified atom stereocenters. The third-order valence-electron chi connectivity index (χ3n) is 11.5. The van der Waals surface area contributed by atoms with E-state index in [4.69, 9.17) is 19.2 Å². The first kappa shape index (κ1) is 70.1. The summed E-state index contributed by atoms with van der Waals surface area (Å²) in [5, 5.41) is 15.9. The van der Waals surface area contributed by atoms with Gasteiger partial charge in [0.15, 0.2) is 23.3 Å². The van der Waals surface area contributed by atoms with Crippen LogP contribution in [-0.4, -0.2) is 65.8 Å². The molecule has 0 aliphatic heterocycles. The van der Waals surface area contributed by atoms with Gasteiger partial charge in [-0.05, 0) is 187 Å². The minimum Gasteiger partial charge on any atom is -0.313 e. The van der Waals surface area contributed by atoms with Crippen molar-refractivity contribution < 1.29 is 63.1 Å². The van der Waals surface area contributed by atoms with Crippen LogP contribution in [0.2, 0.25) is 0 Å². The number of hydrogen-bond acceptors (Lipinski definition) is 9. The highest BCUT2D eigenvalue weighted by Gasteiger charge is 2.38. The number of carbonyl (C=O) groups is 4. The fourth-order valence-corrected chi connectivity index (χ4v) is 8.68. The number of pyridine rings is 1. The molecule has 11 nitrogen and oxygen atoms in total. The van der Waals surface area contributed by atoms with E-state index in [0.717, 1.165) is 51.8 Å². The molecule has 23 heteroatoms. The first-order chi connectivity index (χ1) is 36.5. The Kier molecular flexibility index (Phi) is 27.9. The predicted molar refractivity (Wildman–Crippen MR) is 288 cm³/mol. The molecule has 0 radical (unpaired) electrons. The number of alkyl halides is 6. The SMILES string of the molecule is C=O.C=O.C=O.C=O.CNC(c1cnn(C(C)(C)C)c1-c1cc(F)c(F)cc1Br)C1CC1.CNC(c1cnn(C(C)(C)C)c1-c1cc(F)c(F)cc1Br)C1CC1.Cc1ccc(C(F)(F)F)cc1.Cc1ccc(C(F)(F)F)nc1. The van der Waals surface area contributed by atoms with E-state index in [1.165, 1.54) is 74.3 Å². The van der Waals surface area contributed by atoms with Gasteiger partial charge >= 0.3 is 12.4 Å². The van der Waals surface area contributed by atoms with Crippen molar-refractivity contribution in [3.05, 3.63) is 145 Å². The molecule has 0 spiro atoms.